The average Bonchev–Trinajstić information content (AvgIpc) is 2.48. The molecule has 0 aliphatic carbocycles. The Hall–Kier alpha value is -2.26. The normalized spacial score (nSPS) is 10.5. The lowest BCUT2D eigenvalue weighted by Crippen LogP contribution is -2.07. The van der Waals surface area contributed by atoms with Gasteiger partial charge in [0.1, 0.15) is 5.75 Å². The molecule has 0 fully saturated rings. The molecule has 2 aromatic carbocycles. The van der Waals surface area contributed by atoms with E-state index in [1.165, 1.54) is 6.08 Å². The Bertz CT molecular complexity index is 638. The molecule has 0 aromatic heterocycles. The Morgan fingerprint density at radius 3 is 2.75 bits per heavy atom. The maximum atomic E-state index is 11.8. The lowest BCUT2D eigenvalue weighted by molar-refractivity contribution is -0.111. The molecule has 1 amide bonds. The molecule has 0 atom stereocenters. The quantitative estimate of drug-likeness (QED) is 0.863. The zero-order chi connectivity index (χ0) is 14.4. The molecule has 0 aliphatic heterocycles. The van der Waals surface area contributed by atoms with Gasteiger partial charge in [-0.25, -0.2) is 0 Å². The van der Waals surface area contributed by atoms with E-state index in [0.717, 1.165) is 11.3 Å². The van der Waals surface area contributed by atoms with Gasteiger partial charge in [0.15, 0.2) is 0 Å². The molecule has 0 saturated carbocycles. The molecule has 0 unspecified atom stereocenters. The second-order valence-corrected chi connectivity index (χ2v) is 4.49. The van der Waals surface area contributed by atoms with Crippen LogP contribution in [0.4, 0.5) is 5.69 Å². The summed E-state index contributed by atoms with van der Waals surface area (Å²) >= 11 is 5.97. The summed E-state index contributed by atoms with van der Waals surface area (Å²) in [4.78, 5) is 11.8. The summed E-state index contributed by atoms with van der Waals surface area (Å²) in [7, 11) is 1.60. The number of anilines is 1. The van der Waals surface area contributed by atoms with Crippen LogP contribution in [0, 0.1) is 0 Å². The van der Waals surface area contributed by atoms with Crippen molar-refractivity contribution in [3.63, 3.8) is 0 Å². The van der Waals surface area contributed by atoms with Gasteiger partial charge in [0.2, 0.25) is 5.91 Å². The number of halogens is 1. The Morgan fingerprint density at radius 1 is 1.20 bits per heavy atom. The van der Waals surface area contributed by atoms with Gasteiger partial charge >= 0.3 is 0 Å². The molecule has 0 bridgehead atoms. The highest BCUT2D eigenvalue weighted by atomic mass is 35.5. The van der Waals surface area contributed by atoms with Crippen LogP contribution in [0.5, 0.6) is 5.75 Å². The minimum absolute atomic E-state index is 0.235. The fourth-order valence-corrected chi connectivity index (χ4v) is 1.84. The molecule has 0 radical (unpaired) electrons. The number of rotatable bonds is 4. The lowest BCUT2D eigenvalue weighted by Gasteiger charge is -2.04. The first-order chi connectivity index (χ1) is 9.69. The van der Waals surface area contributed by atoms with Crippen molar-refractivity contribution < 1.29 is 9.53 Å². The van der Waals surface area contributed by atoms with Gasteiger partial charge in [-0.1, -0.05) is 35.9 Å². The van der Waals surface area contributed by atoms with Gasteiger partial charge in [0, 0.05) is 6.08 Å². The zero-order valence-corrected chi connectivity index (χ0v) is 11.7. The Labute approximate surface area is 122 Å². The van der Waals surface area contributed by atoms with E-state index in [4.69, 9.17) is 16.3 Å². The smallest absolute Gasteiger partial charge is 0.248 e. The van der Waals surface area contributed by atoms with Crippen molar-refractivity contribution in [3.05, 3.63) is 65.2 Å². The van der Waals surface area contributed by atoms with Crippen molar-refractivity contribution in [2.75, 3.05) is 12.4 Å². The topological polar surface area (TPSA) is 38.3 Å². The number of hydrogen-bond donors (Lipinski definition) is 1. The lowest BCUT2D eigenvalue weighted by atomic mass is 10.2. The van der Waals surface area contributed by atoms with Gasteiger partial charge in [-0.3, -0.25) is 4.79 Å². The fourth-order valence-electron chi connectivity index (χ4n) is 1.65. The largest absolute Gasteiger partial charge is 0.497 e. The van der Waals surface area contributed by atoms with Crippen LogP contribution >= 0.6 is 11.6 Å². The molecule has 0 aliphatic rings. The van der Waals surface area contributed by atoms with Gasteiger partial charge in [0.25, 0.3) is 0 Å². The van der Waals surface area contributed by atoms with E-state index < -0.39 is 0 Å². The van der Waals surface area contributed by atoms with Gasteiger partial charge in [-0.05, 0) is 35.9 Å². The molecule has 3 nitrogen and oxygen atoms in total. The summed E-state index contributed by atoms with van der Waals surface area (Å²) in [5.74, 6) is 0.514. The predicted octanol–water partition coefficient (Wildman–Crippen LogP) is 4.00. The number of amides is 1. The van der Waals surface area contributed by atoms with E-state index >= 15 is 0 Å². The van der Waals surface area contributed by atoms with E-state index in [1.54, 1.807) is 25.3 Å². The summed E-state index contributed by atoms with van der Waals surface area (Å²) in [5, 5.41) is 3.23. The summed E-state index contributed by atoms with van der Waals surface area (Å²) < 4.78 is 5.12. The molecule has 2 aromatic rings. The highest BCUT2D eigenvalue weighted by Crippen LogP contribution is 2.20. The first kappa shape index (κ1) is 14.2. The van der Waals surface area contributed by atoms with E-state index in [-0.39, 0.29) is 5.91 Å². The number of nitrogens with one attached hydrogen (secondary N) is 1. The highest BCUT2D eigenvalue weighted by molar-refractivity contribution is 6.33. The molecule has 4 heteroatoms. The fraction of sp³-hybridized carbons (Fsp3) is 0.0625. The molecule has 1 N–H and O–H groups in total. The van der Waals surface area contributed by atoms with E-state index in [0.29, 0.717) is 10.7 Å². The number of carbonyl (C=O) groups is 1. The summed E-state index contributed by atoms with van der Waals surface area (Å²) in [6, 6.07) is 14.5. The number of methoxy groups -OCH3 is 1. The molecule has 0 saturated heterocycles. The summed E-state index contributed by atoms with van der Waals surface area (Å²) in [5.41, 5.74) is 1.48. The van der Waals surface area contributed by atoms with Crippen molar-refractivity contribution in [3.8, 4) is 5.75 Å². The van der Waals surface area contributed by atoms with Crippen LogP contribution in [0.25, 0.3) is 6.08 Å². The SMILES string of the molecule is COc1cccc(/C=C/C(=O)Nc2ccccc2Cl)c1. The molecule has 0 spiro atoms. The third kappa shape index (κ3) is 3.87. The Balaban J connectivity index is 2.04. The Morgan fingerprint density at radius 2 is 2.00 bits per heavy atom. The number of carbonyl (C=O) groups excluding carboxylic acids is 1. The minimum atomic E-state index is -0.235. The molecule has 0 heterocycles. The third-order valence-electron chi connectivity index (χ3n) is 2.65. The number of para-hydroxylation sites is 1. The van der Waals surface area contributed by atoms with Crippen molar-refractivity contribution in [1.82, 2.24) is 0 Å². The van der Waals surface area contributed by atoms with Gasteiger partial charge in [-0.2, -0.15) is 0 Å². The monoisotopic (exact) mass is 287 g/mol. The maximum absolute atomic E-state index is 11.8. The zero-order valence-electron chi connectivity index (χ0n) is 11.0. The van der Waals surface area contributed by atoms with Gasteiger partial charge < -0.3 is 10.1 Å². The van der Waals surface area contributed by atoms with Crippen LogP contribution in [0.15, 0.2) is 54.6 Å². The molecular weight excluding hydrogens is 274 g/mol. The van der Waals surface area contributed by atoms with Crippen molar-refractivity contribution in [2.45, 2.75) is 0 Å². The standard InChI is InChI=1S/C16H14ClNO2/c1-20-13-6-4-5-12(11-13)9-10-16(19)18-15-8-3-2-7-14(15)17/h2-11H,1H3,(H,18,19)/b10-9+. The van der Waals surface area contributed by atoms with Crippen LogP contribution in [0.1, 0.15) is 5.56 Å². The second kappa shape index (κ2) is 6.78. The Kier molecular flexibility index (Phi) is 4.80. The van der Waals surface area contributed by atoms with Crippen molar-refractivity contribution >= 4 is 29.3 Å². The van der Waals surface area contributed by atoms with E-state index in [9.17, 15) is 4.79 Å². The summed E-state index contributed by atoms with van der Waals surface area (Å²) in [6.45, 7) is 0. The van der Waals surface area contributed by atoms with Crippen LogP contribution < -0.4 is 10.1 Å². The van der Waals surface area contributed by atoms with Crippen molar-refractivity contribution in [2.24, 2.45) is 0 Å². The number of ether oxygens (including phenoxy) is 1. The average molecular weight is 288 g/mol. The van der Waals surface area contributed by atoms with Crippen LogP contribution in [0.3, 0.4) is 0 Å². The number of hydrogen-bond acceptors (Lipinski definition) is 2. The van der Waals surface area contributed by atoms with E-state index in [2.05, 4.69) is 5.32 Å². The van der Waals surface area contributed by atoms with Gasteiger partial charge in [-0.15, -0.1) is 0 Å². The van der Waals surface area contributed by atoms with Crippen LogP contribution in [0.2, 0.25) is 5.02 Å². The molecule has 2 rings (SSSR count). The number of benzene rings is 2. The highest BCUT2D eigenvalue weighted by Gasteiger charge is 2.01. The van der Waals surface area contributed by atoms with E-state index in [1.807, 2.05) is 36.4 Å². The van der Waals surface area contributed by atoms with Crippen LogP contribution in [-0.4, -0.2) is 13.0 Å². The van der Waals surface area contributed by atoms with Crippen molar-refractivity contribution in [1.29, 1.82) is 0 Å². The minimum Gasteiger partial charge on any atom is -0.497 e. The van der Waals surface area contributed by atoms with Gasteiger partial charge in [0.05, 0.1) is 17.8 Å². The summed E-state index contributed by atoms with van der Waals surface area (Å²) in [6.07, 6.45) is 3.17. The first-order valence-corrected chi connectivity index (χ1v) is 6.44. The second-order valence-electron chi connectivity index (χ2n) is 4.08. The first-order valence-electron chi connectivity index (χ1n) is 6.06. The molecule has 20 heavy (non-hydrogen) atoms. The molecular formula is C16H14ClNO2. The predicted molar refractivity (Wildman–Crippen MR) is 82.1 cm³/mol. The molecule has 102 valence electrons. The maximum Gasteiger partial charge on any atom is 0.248 e. The third-order valence-corrected chi connectivity index (χ3v) is 2.98. The van der Waals surface area contributed by atoms with Crippen LogP contribution in [-0.2, 0) is 4.79 Å².